The van der Waals surface area contributed by atoms with Crippen LogP contribution >= 0.6 is 0 Å². The van der Waals surface area contributed by atoms with Crippen LogP contribution in [0, 0.1) is 6.92 Å². The fourth-order valence-corrected chi connectivity index (χ4v) is 2.42. The van der Waals surface area contributed by atoms with Crippen LogP contribution in [0.1, 0.15) is 57.0 Å². The first kappa shape index (κ1) is 13.8. The molecule has 104 valence electrons. The summed E-state index contributed by atoms with van der Waals surface area (Å²) in [6.45, 7) is 6.03. The minimum atomic E-state index is -0.762. The van der Waals surface area contributed by atoms with Gasteiger partial charge in [-0.05, 0) is 26.2 Å². The third kappa shape index (κ3) is 3.22. The summed E-state index contributed by atoms with van der Waals surface area (Å²) in [5.41, 5.74) is 0.590. The molecule has 1 saturated carbocycles. The van der Waals surface area contributed by atoms with Gasteiger partial charge >= 0.3 is 5.97 Å². The Morgan fingerprint density at radius 3 is 2.63 bits per heavy atom. The minimum absolute atomic E-state index is 0.146. The summed E-state index contributed by atoms with van der Waals surface area (Å²) >= 11 is 0. The van der Waals surface area contributed by atoms with E-state index in [4.69, 9.17) is 5.11 Å². The Kier molecular flexibility index (Phi) is 3.73. The van der Waals surface area contributed by atoms with Gasteiger partial charge in [0.2, 0.25) is 0 Å². The first-order valence-corrected chi connectivity index (χ1v) is 6.76. The van der Waals surface area contributed by atoms with E-state index in [9.17, 15) is 4.79 Å². The highest BCUT2D eigenvalue weighted by molar-refractivity contribution is 5.69. The molecule has 0 saturated heterocycles. The molecule has 0 spiro atoms. The van der Waals surface area contributed by atoms with Crippen LogP contribution in [-0.4, -0.2) is 26.6 Å². The molecule has 1 aliphatic carbocycles. The van der Waals surface area contributed by atoms with Gasteiger partial charge in [0.25, 0.3) is 0 Å². The number of carbonyl (C=O) groups is 1. The van der Waals surface area contributed by atoms with E-state index in [0.717, 1.165) is 36.6 Å². The van der Waals surface area contributed by atoms with Crippen molar-refractivity contribution in [1.29, 1.82) is 0 Å². The van der Waals surface area contributed by atoms with Crippen LogP contribution in [0.5, 0.6) is 0 Å². The molecule has 1 fully saturated rings. The van der Waals surface area contributed by atoms with E-state index in [1.807, 2.05) is 13.0 Å². The van der Waals surface area contributed by atoms with Crippen molar-refractivity contribution in [3.05, 3.63) is 17.6 Å². The average molecular weight is 263 g/mol. The summed E-state index contributed by atoms with van der Waals surface area (Å²) in [6, 6.07) is 1.88. The number of nitrogens with zero attached hydrogens (tertiary/aromatic N) is 2. The van der Waals surface area contributed by atoms with Crippen LogP contribution in [0.4, 0.5) is 5.82 Å². The summed E-state index contributed by atoms with van der Waals surface area (Å²) in [7, 11) is 0. The summed E-state index contributed by atoms with van der Waals surface area (Å²) in [5, 5.41) is 12.3. The molecule has 5 nitrogen and oxygen atoms in total. The first-order valence-electron chi connectivity index (χ1n) is 6.76. The van der Waals surface area contributed by atoms with Gasteiger partial charge in [-0.1, -0.05) is 13.8 Å². The maximum atomic E-state index is 11.0. The summed E-state index contributed by atoms with van der Waals surface area (Å²) in [4.78, 5) is 19.9. The third-order valence-corrected chi connectivity index (χ3v) is 3.58. The largest absolute Gasteiger partial charge is 0.481 e. The van der Waals surface area contributed by atoms with Crippen LogP contribution < -0.4 is 5.32 Å². The van der Waals surface area contributed by atoms with Gasteiger partial charge in [0.05, 0.1) is 6.42 Å². The number of hydrogen-bond donors (Lipinski definition) is 2. The van der Waals surface area contributed by atoms with Gasteiger partial charge in [0.15, 0.2) is 0 Å². The lowest BCUT2D eigenvalue weighted by Gasteiger charge is -2.42. The van der Waals surface area contributed by atoms with Gasteiger partial charge in [-0.2, -0.15) is 0 Å². The van der Waals surface area contributed by atoms with E-state index < -0.39 is 5.97 Å². The molecule has 0 amide bonds. The quantitative estimate of drug-likeness (QED) is 0.854. The first-order chi connectivity index (χ1) is 8.90. The highest BCUT2D eigenvalue weighted by Gasteiger charge is 2.39. The zero-order valence-corrected chi connectivity index (χ0v) is 11.7. The average Bonchev–Trinajstić information content (AvgIpc) is 2.24. The number of aliphatic carboxylic acids is 1. The number of aromatic nitrogens is 2. The molecule has 19 heavy (non-hydrogen) atoms. The van der Waals surface area contributed by atoms with Crippen molar-refractivity contribution in [2.45, 2.75) is 57.9 Å². The summed E-state index contributed by atoms with van der Waals surface area (Å²) in [6.07, 6.45) is 2.99. The van der Waals surface area contributed by atoms with Gasteiger partial charge in [0.1, 0.15) is 11.6 Å². The van der Waals surface area contributed by atoms with Crippen molar-refractivity contribution >= 4 is 11.8 Å². The van der Waals surface area contributed by atoms with Crippen molar-refractivity contribution in [3.63, 3.8) is 0 Å². The van der Waals surface area contributed by atoms with Gasteiger partial charge in [0, 0.05) is 23.2 Å². The van der Waals surface area contributed by atoms with Crippen LogP contribution in [0.15, 0.2) is 6.07 Å². The van der Waals surface area contributed by atoms with Gasteiger partial charge < -0.3 is 10.4 Å². The summed E-state index contributed by atoms with van der Waals surface area (Å²) < 4.78 is 0. The zero-order chi connectivity index (χ0) is 14.0. The van der Waals surface area contributed by atoms with Gasteiger partial charge in [-0.3, -0.25) is 4.79 Å². The normalized spacial score (nSPS) is 17.1. The van der Waals surface area contributed by atoms with Crippen LogP contribution in [-0.2, 0) is 4.79 Å². The number of carboxylic acids is 1. The molecule has 0 radical (unpaired) electrons. The van der Waals surface area contributed by atoms with Crippen molar-refractivity contribution in [3.8, 4) is 0 Å². The second-order valence-electron chi connectivity index (χ2n) is 5.74. The predicted octanol–water partition coefficient (Wildman–Crippen LogP) is 2.72. The highest BCUT2D eigenvalue weighted by atomic mass is 16.4. The topological polar surface area (TPSA) is 75.1 Å². The fourth-order valence-electron chi connectivity index (χ4n) is 2.42. The van der Waals surface area contributed by atoms with E-state index >= 15 is 0 Å². The molecule has 0 aliphatic heterocycles. The number of carboxylic acid groups (broad SMARTS) is 1. The Morgan fingerprint density at radius 2 is 2.16 bits per heavy atom. The molecule has 1 aromatic rings. The Bertz CT molecular complexity index is 482. The van der Waals surface area contributed by atoms with E-state index in [2.05, 4.69) is 29.1 Å². The minimum Gasteiger partial charge on any atom is -0.481 e. The molecule has 1 heterocycles. The standard InChI is InChI=1S/C14H21N3O2/c1-9(2)13-15-10(3)7-11(16-13)17-14(5-4-6-14)8-12(18)19/h7,9H,4-6,8H2,1-3H3,(H,18,19)(H,15,16,17). The maximum absolute atomic E-state index is 11.0. The number of aryl methyl sites for hydroxylation is 1. The molecule has 5 heteroatoms. The maximum Gasteiger partial charge on any atom is 0.305 e. The Balaban J connectivity index is 2.20. The SMILES string of the molecule is Cc1cc(NC2(CC(=O)O)CCC2)nc(C(C)C)n1. The lowest BCUT2D eigenvalue weighted by atomic mass is 9.74. The third-order valence-electron chi connectivity index (χ3n) is 3.58. The second kappa shape index (κ2) is 5.15. The van der Waals surface area contributed by atoms with E-state index in [1.54, 1.807) is 0 Å². The summed E-state index contributed by atoms with van der Waals surface area (Å²) in [5.74, 6) is 1.05. The number of anilines is 1. The molecule has 1 aliphatic rings. The Hall–Kier alpha value is -1.65. The van der Waals surface area contributed by atoms with E-state index in [1.165, 1.54) is 0 Å². The number of hydrogen-bond acceptors (Lipinski definition) is 4. The molecule has 0 aromatic carbocycles. The molecule has 0 bridgehead atoms. The van der Waals surface area contributed by atoms with Gasteiger partial charge in [-0.25, -0.2) is 9.97 Å². The Labute approximate surface area is 113 Å². The Morgan fingerprint density at radius 1 is 1.47 bits per heavy atom. The van der Waals surface area contributed by atoms with E-state index in [0.29, 0.717) is 0 Å². The zero-order valence-electron chi connectivity index (χ0n) is 11.7. The van der Waals surface area contributed by atoms with Crippen LogP contribution in [0.25, 0.3) is 0 Å². The number of nitrogens with one attached hydrogen (secondary N) is 1. The van der Waals surface area contributed by atoms with E-state index in [-0.39, 0.29) is 17.9 Å². The highest BCUT2D eigenvalue weighted by Crippen LogP contribution is 2.38. The smallest absolute Gasteiger partial charge is 0.305 e. The molecular weight excluding hydrogens is 242 g/mol. The fraction of sp³-hybridized carbons (Fsp3) is 0.643. The van der Waals surface area contributed by atoms with Crippen LogP contribution in [0.2, 0.25) is 0 Å². The molecular formula is C14H21N3O2. The molecule has 0 unspecified atom stereocenters. The van der Waals surface area contributed by atoms with Gasteiger partial charge in [-0.15, -0.1) is 0 Å². The molecule has 0 atom stereocenters. The lowest BCUT2D eigenvalue weighted by molar-refractivity contribution is -0.138. The predicted molar refractivity (Wildman–Crippen MR) is 73.3 cm³/mol. The van der Waals surface area contributed by atoms with Crippen molar-refractivity contribution < 1.29 is 9.90 Å². The second-order valence-corrected chi connectivity index (χ2v) is 5.74. The number of rotatable bonds is 5. The lowest BCUT2D eigenvalue weighted by Crippen LogP contribution is -2.47. The van der Waals surface area contributed by atoms with Crippen molar-refractivity contribution in [2.75, 3.05) is 5.32 Å². The monoisotopic (exact) mass is 263 g/mol. The molecule has 2 rings (SSSR count). The van der Waals surface area contributed by atoms with Crippen molar-refractivity contribution in [2.24, 2.45) is 0 Å². The molecule has 2 N–H and O–H groups in total. The van der Waals surface area contributed by atoms with Crippen LogP contribution in [0.3, 0.4) is 0 Å². The molecule has 1 aromatic heterocycles. The van der Waals surface area contributed by atoms with Crippen molar-refractivity contribution in [1.82, 2.24) is 9.97 Å².